The molecule has 0 atom stereocenters. The highest BCUT2D eigenvalue weighted by Gasteiger charge is 2.22. The fourth-order valence-corrected chi connectivity index (χ4v) is 0.819. The van der Waals surface area contributed by atoms with E-state index in [-0.39, 0.29) is 0 Å². The van der Waals surface area contributed by atoms with Crippen LogP contribution < -0.4 is 0 Å². The molecule has 0 amide bonds. The van der Waals surface area contributed by atoms with E-state index in [1.54, 1.807) is 7.11 Å². The summed E-state index contributed by atoms with van der Waals surface area (Å²) in [4.78, 5) is 0. The summed E-state index contributed by atoms with van der Waals surface area (Å²) in [5.74, 6) is 5.38. The van der Waals surface area contributed by atoms with Gasteiger partial charge < -0.3 is 4.74 Å². The van der Waals surface area contributed by atoms with Crippen LogP contribution in [0.25, 0.3) is 0 Å². The molecule has 0 N–H and O–H groups in total. The van der Waals surface area contributed by atoms with Crippen LogP contribution in [0.5, 0.6) is 0 Å². The summed E-state index contributed by atoms with van der Waals surface area (Å²) in [5, 5.41) is 32.3. The summed E-state index contributed by atoms with van der Waals surface area (Å²) in [6, 6.07) is 0. The fourth-order valence-electron chi connectivity index (χ4n) is 0.819. The van der Waals surface area contributed by atoms with Crippen LogP contribution in [-0.2, 0) is 4.74 Å². The number of methoxy groups -OCH3 is 1. The lowest BCUT2D eigenvalue weighted by Gasteiger charge is -1.98. The molecule has 0 aromatic carbocycles. The summed E-state index contributed by atoms with van der Waals surface area (Å²) in [7, 11) is 3.76. The predicted molar refractivity (Wildman–Crippen MR) is 67.5 cm³/mol. The highest BCUT2D eigenvalue weighted by Crippen LogP contribution is 1.92. The van der Waals surface area contributed by atoms with Crippen LogP contribution in [-0.4, -0.2) is 44.2 Å². The second kappa shape index (κ2) is 11.1. The molecule has 0 aliphatic rings. The van der Waals surface area contributed by atoms with Crippen molar-refractivity contribution in [1.82, 2.24) is 0 Å². The largest absolute Gasteiger partial charge is 0.383 e. The molecular weight excluding hydrogens is 229 g/mol. The van der Waals surface area contributed by atoms with Gasteiger partial charge in [-0.15, -0.1) is 23.9 Å². The quantitative estimate of drug-likeness (QED) is 0.405. The molecule has 94 valence electrons. The fraction of sp³-hybridized carbons (Fsp3) is 0.545. The lowest BCUT2D eigenvalue weighted by atomic mass is 9.30. The maximum Gasteiger partial charge on any atom is 0.383 e. The second-order valence-electron chi connectivity index (χ2n) is 3.50. The van der Waals surface area contributed by atoms with Crippen LogP contribution in [0.4, 0.5) is 0 Å². The third kappa shape index (κ3) is 7.88. The Bertz CT molecular complexity index is 371. The lowest BCUT2D eigenvalue weighted by Crippen LogP contribution is -2.26. The number of rotatable bonds is 4. The van der Waals surface area contributed by atoms with Crippen molar-refractivity contribution in [3.8, 4) is 23.9 Å². The minimum atomic E-state index is -2.72. The zero-order chi connectivity index (χ0) is 14.4. The highest BCUT2D eigenvalue weighted by molar-refractivity contribution is 7.05. The van der Waals surface area contributed by atoms with Gasteiger partial charge in [0.2, 0.25) is 0 Å². The topological polar surface area (TPSA) is 107 Å². The molecule has 18 heavy (non-hydrogen) atoms. The first-order valence-corrected chi connectivity index (χ1v) is 5.38. The molecule has 0 radical (unpaired) electrons. The molecular formula is C11H16BN5O. The Balaban J connectivity index is 0. The number of hydrogen-bond donors (Lipinski definition) is 0. The Morgan fingerprint density at radius 3 is 1.78 bits per heavy atom. The molecule has 0 bridgehead atoms. The standard InChI is InChI=1S/C7H16NO.C4BN4/c1-4-5-8(2)6-7-9-3;6-1-5(2-7,3-8)4-9/h6H,4-5,7H2,1-3H3;/q+1;-1. The van der Waals surface area contributed by atoms with E-state index < -0.39 is 6.15 Å². The molecule has 0 unspecified atom stereocenters. The van der Waals surface area contributed by atoms with Crippen LogP contribution in [0, 0.1) is 44.9 Å². The molecule has 0 spiro atoms. The molecule has 0 aromatic heterocycles. The van der Waals surface area contributed by atoms with Gasteiger partial charge in [0.1, 0.15) is 20.2 Å². The maximum absolute atomic E-state index is 8.09. The molecule has 0 saturated heterocycles. The Labute approximate surface area is 108 Å². The third-order valence-corrected chi connectivity index (χ3v) is 1.90. The molecule has 0 saturated carbocycles. The van der Waals surface area contributed by atoms with Gasteiger partial charge in [0, 0.05) is 13.5 Å². The van der Waals surface area contributed by atoms with Crippen LogP contribution >= 0.6 is 0 Å². The molecule has 0 fully saturated rings. The van der Waals surface area contributed by atoms with Gasteiger partial charge in [-0.1, -0.05) is 6.92 Å². The van der Waals surface area contributed by atoms with Crippen LogP contribution in [0.2, 0.25) is 0 Å². The van der Waals surface area contributed by atoms with E-state index in [0.29, 0.717) is 0 Å². The molecule has 0 aromatic rings. The van der Waals surface area contributed by atoms with E-state index in [1.807, 2.05) is 6.21 Å². The van der Waals surface area contributed by atoms with Crippen LogP contribution in [0.1, 0.15) is 13.3 Å². The first-order valence-electron chi connectivity index (χ1n) is 5.38. The van der Waals surface area contributed by atoms with Crippen LogP contribution in [0.3, 0.4) is 0 Å². The summed E-state index contributed by atoms with van der Waals surface area (Å²) >= 11 is 0. The number of ether oxygens (including phenoxy) is 1. The molecule has 6 nitrogen and oxygen atoms in total. The van der Waals surface area contributed by atoms with E-state index in [9.17, 15) is 0 Å². The Kier molecular flexibility index (Phi) is 11.2. The van der Waals surface area contributed by atoms with Gasteiger partial charge in [-0.3, -0.25) is 0 Å². The van der Waals surface area contributed by atoms with Gasteiger partial charge in [-0.25, -0.2) is 25.6 Å². The van der Waals surface area contributed by atoms with Gasteiger partial charge >= 0.3 is 6.15 Å². The number of nitrogens with zero attached hydrogens (tertiary/aromatic N) is 5. The van der Waals surface area contributed by atoms with Crippen molar-refractivity contribution in [2.75, 3.05) is 27.3 Å². The molecule has 0 rings (SSSR count). The predicted octanol–water partition coefficient (Wildman–Crippen LogP) is 0.442. The molecule has 0 aliphatic heterocycles. The minimum absolute atomic E-state index is 0.719. The highest BCUT2D eigenvalue weighted by atomic mass is 16.5. The Morgan fingerprint density at radius 1 is 1.11 bits per heavy atom. The van der Waals surface area contributed by atoms with Crippen molar-refractivity contribution >= 4 is 12.4 Å². The van der Waals surface area contributed by atoms with Gasteiger partial charge in [-0.05, 0) is 0 Å². The smallest absolute Gasteiger partial charge is 0.374 e. The van der Waals surface area contributed by atoms with Gasteiger partial charge in [0.05, 0.1) is 0 Å². The van der Waals surface area contributed by atoms with Crippen LogP contribution in [0.15, 0.2) is 0 Å². The Hall–Kier alpha value is -2.35. The average Bonchev–Trinajstić information content (AvgIpc) is 2.41. The summed E-state index contributed by atoms with van der Waals surface area (Å²) in [5.41, 5.74) is 0. The SMILES string of the molecule is CCC[N+](C)=CCOC.N#C[B-](C#N)(C#N)C#N. The van der Waals surface area contributed by atoms with Crippen molar-refractivity contribution in [1.29, 1.82) is 21.0 Å². The van der Waals surface area contributed by atoms with Crippen molar-refractivity contribution in [2.24, 2.45) is 0 Å². The second-order valence-corrected chi connectivity index (χ2v) is 3.50. The van der Waals surface area contributed by atoms with Gasteiger partial charge in [0.25, 0.3) is 0 Å². The summed E-state index contributed by atoms with van der Waals surface area (Å²) in [6.07, 6.45) is 0.514. The molecule has 0 heterocycles. The van der Waals surface area contributed by atoms with E-state index in [0.717, 1.165) is 13.2 Å². The summed E-state index contributed by atoms with van der Waals surface area (Å²) < 4.78 is 7.00. The maximum atomic E-state index is 8.09. The average molecular weight is 245 g/mol. The lowest BCUT2D eigenvalue weighted by molar-refractivity contribution is -0.494. The monoisotopic (exact) mass is 245 g/mol. The van der Waals surface area contributed by atoms with E-state index in [4.69, 9.17) is 25.8 Å². The normalized spacial score (nSPS) is 9.83. The first kappa shape index (κ1) is 18.0. The van der Waals surface area contributed by atoms with E-state index in [1.165, 1.54) is 30.3 Å². The minimum Gasteiger partial charge on any atom is -0.374 e. The van der Waals surface area contributed by atoms with E-state index >= 15 is 0 Å². The number of nitriles is 4. The zero-order valence-electron chi connectivity index (χ0n) is 10.9. The third-order valence-electron chi connectivity index (χ3n) is 1.90. The Morgan fingerprint density at radius 2 is 1.56 bits per heavy atom. The van der Waals surface area contributed by atoms with Crippen molar-refractivity contribution < 1.29 is 9.31 Å². The molecule has 0 aliphatic carbocycles. The van der Waals surface area contributed by atoms with Gasteiger partial charge in [-0.2, -0.15) is 0 Å². The molecule has 7 heteroatoms. The first-order chi connectivity index (χ1) is 8.55. The van der Waals surface area contributed by atoms with Gasteiger partial charge in [0.15, 0.2) is 6.21 Å². The van der Waals surface area contributed by atoms with Crippen molar-refractivity contribution in [3.05, 3.63) is 0 Å². The number of hydrogen-bond acceptors (Lipinski definition) is 5. The van der Waals surface area contributed by atoms with E-state index in [2.05, 4.69) is 18.5 Å². The van der Waals surface area contributed by atoms with Crippen molar-refractivity contribution in [2.45, 2.75) is 13.3 Å². The zero-order valence-corrected chi connectivity index (χ0v) is 10.9. The van der Waals surface area contributed by atoms with Crippen molar-refractivity contribution in [3.63, 3.8) is 0 Å². The summed E-state index contributed by atoms with van der Waals surface area (Å²) in [6.45, 7) is 4.00.